The molecule has 74 valence electrons. The van der Waals surface area contributed by atoms with Crippen molar-refractivity contribution in [1.29, 1.82) is 0 Å². The van der Waals surface area contributed by atoms with Gasteiger partial charge in [0.05, 0.1) is 4.92 Å². The van der Waals surface area contributed by atoms with Crippen molar-refractivity contribution in [3.63, 3.8) is 0 Å². The summed E-state index contributed by atoms with van der Waals surface area (Å²) in [6.07, 6.45) is 3.11. The molecule has 3 rings (SSSR count). The molecule has 2 saturated heterocycles. The largest absolute Gasteiger partial charge is 0.372 e. The van der Waals surface area contributed by atoms with Crippen LogP contribution >= 0.6 is 23.5 Å². The van der Waals surface area contributed by atoms with E-state index in [1.54, 1.807) is 6.08 Å². The van der Waals surface area contributed by atoms with Gasteiger partial charge in [-0.25, -0.2) is 0 Å². The molecule has 0 N–H and O–H groups in total. The molecule has 14 heavy (non-hydrogen) atoms. The molecule has 0 amide bonds. The standard InChI is InChI=1S/C6H4N2O4S2/c9-7(10)5-2-1-3-4(13-3)6(5,14-5)8(11)12/h1-4H. The van der Waals surface area contributed by atoms with E-state index in [1.165, 1.54) is 17.8 Å². The molecule has 0 aromatic heterocycles. The lowest BCUT2D eigenvalue weighted by Crippen LogP contribution is -2.44. The van der Waals surface area contributed by atoms with Crippen molar-refractivity contribution < 1.29 is 9.85 Å². The van der Waals surface area contributed by atoms with Crippen molar-refractivity contribution in [2.45, 2.75) is 20.2 Å². The van der Waals surface area contributed by atoms with Crippen LogP contribution in [0.2, 0.25) is 0 Å². The molecule has 0 spiro atoms. The zero-order valence-electron chi connectivity index (χ0n) is 6.65. The Hall–Kier alpha value is -0.760. The highest BCUT2D eigenvalue weighted by Gasteiger charge is 2.97. The van der Waals surface area contributed by atoms with Crippen LogP contribution in [-0.2, 0) is 0 Å². The van der Waals surface area contributed by atoms with Crippen LogP contribution < -0.4 is 0 Å². The molecule has 4 unspecified atom stereocenters. The first-order valence-electron chi connectivity index (χ1n) is 3.88. The van der Waals surface area contributed by atoms with E-state index >= 15 is 0 Å². The van der Waals surface area contributed by atoms with E-state index in [2.05, 4.69) is 0 Å². The first-order valence-corrected chi connectivity index (χ1v) is 5.64. The molecular formula is C6H4N2O4S2. The highest BCUT2D eigenvalue weighted by molar-refractivity contribution is 8.14. The van der Waals surface area contributed by atoms with E-state index in [0.29, 0.717) is 0 Å². The highest BCUT2D eigenvalue weighted by atomic mass is 32.2. The van der Waals surface area contributed by atoms with Crippen LogP contribution in [0.25, 0.3) is 0 Å². The average Bonchev–Trinajstić information content (AvgIpc) is 2.96. The summed E-state index contributed by atoms with van der Waals surface area (Å²) in [6, 6.07) is 0. The molecule has 2 heterocycles. The molecule has 0 aromatic rings. The lowest BCUT2D eigenvalue weighted by Gasteiger charge is -2.08. The van der Waals surface area contributed by atoms with Gasteiger partial charge in [0.2, 0.25) is 0 Å². The fourth-order valence-electron chi connectivity index (χ4n) is 1.94. The second kappa shape index (κ2) is 2.08. The van der Waals surface area contributed by atoms with Gasteiger partial charge in [0.1, 0.15) is 5.25 Å². The minimum absolute atomic E-state index is 0.114. The van der Waals surface area contributed by atoms with E-state index in [9.17, 15) is 20.2 Å². The molecule has 6 nitrogen and oxygen atoms in total. The smallest absolute Gasteiger partial charge is 0.263 e. The van der Waals surface area contributed by atoms with Gasteiger partial charge in [0.15, 0.2) is 0 Å². The Morgan fingerprint density at radius 1 is 1.29 bits per heavy atom. The third kappa shape index (κ3) is 0.661. The van der Waals surface area contributed by atoms with Gasteiger partial charge in [-0.15, -0.1) is 11.8 Å². The molecule has 0 aromatic carbocycles. The quantitative estimate of drug-likeness (QED) is 0.302. The Balaban J connectivity index is 2.11. The molecular weight excluding hydrogens is 228 g/mol. The maximum Gasteiger partial charge on any atom is 0.372 e. The number of hydrogen-bond donors (Lipinski definition) is 0. The highest BCUT2D eigenvalue weighted by Crippen LogP contribution is 2.76. The maximum atomic E-state index is 10.9. The molecule has 0 saturated carbocycles. The Bertz CT molecular complexity index is 399. The first-order chi connectivity index (χ1) is 6.54. The van der Waals surface area contributed by atoms with Gasteiger partial charge in [0.25, 0.3) is 0 Å². The predicted octanol–water partition coefficient (Wildman–Crippen LogP) is 0.733. The van der Waals surface area contributed by atoms with Crippen molar-refractivity contribution >= 4 is 23.5 Å². The van der Waals surface area contributed by atoms with Crippen molar-refractivity contribution in [3.8, 4) is 0 Å². The second-order valence-corrected chi connectivity index (χ2v) is 6.16. The van der Waals surface area contributed by atoms with Gasteiger partial charge < -0.3 is 0 Å². The van der Waals surface area contributed by atoms with Crippen LogP contribution in [0.3, 0.4) is 0 Å². The zero-order valence-corrected chi connectivity index (χ0v) is 8.29. The topological polar surface area (TPSA) is 86.3 Å². The van der Waals surface area contributed by atoms with E-state index in [4.69, 9.17) is 0 Å². The monoisotopic (exact) mass is 232 g/mol. The summed E-state index contributed by atoms with van der Waals surface area (Å²) in [7, 11) is 0. The average molecular weight is 232 g/mol. The maximum absolute atomic E-state index is 10.9. The van der Waals surface area contributed by atoms with Gasteiger partial charge in [-0.2, -0.15) is 0 Å². The number of fused-ring (bicyclic) bond motifs is 3. The summed E-state index contributed by atoms with van der Waals surface area (Å²) >= 11 is 2.29. The van der Waals surface area contributed by atoms with Gasteiger partial charge in [-0.1, -0.05) is 6.08 Å². The Morgan fingerprint density at radius 3 is 2.57 bits per heavy atom. The van der Waals surface area contributed by atoms with Crippen LogP contribution in [0.1, 0.15) is 0 Å². The third-order valence-corrected chi connectivity index (χ3v) is 5.98. The number of thioether (sulfide) groups is 2. The summed E-state index contributed by atoms with van der Waals surface area (Å²) in [5, 5.41) is 21.6. The van der Waals surface area contributed by atoms with Crippen molar-refractivity contribution in [3.05, 3.63) is 32.4 Å². The van der Waals surface area contributed by atoms with Crippen LogP contribution in [0, 0.1) is 20.2 Å². The third-order valence-electron chi connectivity index (χ3n) is 2.75. The predicted molar refractivity (Wildman–Crippen MR) is 51.3 cm³/mol. The minimum atomic E-state index is -1.48. The first kappa shape index (κ1) is 8.54. The number of rotatable bonds is 2. The zero-order chi connectivity index (χ0) is 10.1. The summed E-state index contributed by atoms with van der Waals surface area (Å²) in [5.74, 6) is 0. The molecule has 8 heteroatoms. The van der Waals surface area contributed by atoms with Gasteiger partial charge in [-0.3, -0.25) is 20.2 Å². The number of nitrogens with zero attached hydrogens (tertiary/aromatic N) is 2. The summed E-state index contributed by atoms with van der Waals surface area (Å²) in [4.78, 5) is 17.8. The molecule has 0 radical (unpaired) electrons. The van der Waals surface area contributed by atoms with E-state index in [-0.39, 0.29) is 10.5 Å². The Kier molecular flexibility index (Phi) is 1.27. The molecule has 2 aliphatic heterocycles. The van der Waals surface area contributed by atoms with E-state index in [0.717, 1.165) is 11.8 Å². The minimum Gasteiger partial charge on any atom is -0.263 e. The normalized spacial score (nSPS) is 51.7. The summed E-state index contributed by atoms with van der Waals surface area (Å²) in [5.41, 5.74) is 0. The van der Waals surface area contributed by atoms with E-state index < -0.39 is 19.6 Å². The fraction of sp³-hybridized carbons (Fsp3) is 0.667. The molecule has 2 fully saturated rings. The van der Waals surface area contributed by atoms with Crippen LogP contribution in [0.5, 0.6) is 0 Å². The van der Waals surface area contributed by atoms with Crippen molar-refractivity contribution in [1.82, 2.24) is 0 Å². The summed E-state index contributed by atoms with van der Waals surface area (Å²) < 4.78 is 0. The number of hydrogen-bond acceptors (Lipinski definition) is 6. The Labute approximate surface area is 86.4 Å². The van der Waals surface area contributed by atoms with Crippen LogP contribution in [-0.4, -0.2) is 30.1 Å². The van der Waals surface area contributed by atoms with Crippen molar-refractivity contribution in [2.24, 2.45) is 0 Å². The molecule has 3 aliphatic rings. The molecule has 4 atom stereocenters. The number of nitro groups is 2. The second-order valence-electron chi connectivity index (χ2n) is 3.39. The fourth-order valence-corrected chi connectivity index (χ4v) is 4.89. The van der Waals surface area contributed by atoms with E-state index in [1.807, 2.05) is 0 Å². The van der Waals surface area contributed by atoms with Gasteiger partial charge in [-0.05, 0) is 0 Å². The Morgan fingerprint density at radius 2 is 2.00 bits per heavy atom. The van der Waals surface area contributed by atoms with Gasteiger partial charge in [0, 0.05) is 28.0 Å². The van der Waals surface area contributed by atoms with Crippen molar-refractivity contribution in [2.75, 3.05) is 0 Å². The lowest BCUT2D eigenvalue weighted by molar-refractivity contribution is -0.607. The SMILES string of the molecule is O=[N+]([O-])C12C=CC3SC3C1([N+](=O)[O-])S2. The molecule has 0 bridgehead atoms. The lowest BCUT2D eigenvalue weighted by atomic mass is 9.98. The van der Waals surface area contributed by atoms with Gasteiger partial charge >= 0.3 is 9.74 Å². The summed E-state index contributed by atoms with van der Waals surface area (Å²) in [6.45, 7) is 0. The van der Waals surface area contributed by atoms with Crippen LogP contribution in [0.4, 0.5) is 0 Å². The molecule has 1 aliphatic carbocycles. The van der Waals surface area contributed by atoms with Crippen LogP contribution in [0.15, 0.2) is 12.2 Å².